The molecule has 1 aliphatic heterocycles. The van der Waals surface area contributed by atoms with Crippen LogP contribution >= 0.6 is 11.6 Å². The Hall–Kier alpha value is -1.91. The molecule has 1 N–H and O–H groups in total. The van der Waals surface area contributed by atoms with Crippen molar-refractivity contribution in [3.63, 3.8) is 0 Å². The van der Waals surface area contributed by atoms with Crippen molar-refractivity contribution in [1.29, 1.82) is 0 Å². The minimum Gasteiger partial charge on any atom is -0.333 e. The Morgan fingerprint density at radius 1 is 1.32 bits per heavy atom. The van der Waals surface area contributed by atoms with Crippen LogP contribution in [0.3, 0.4) is 0 Å². The Balaban J connectivity index is 1.81. The van der Waals surface area contributed by atoms with E-state index in [0.29, 0.717) is 18.0 Å². The van der Waals surface area contributed by atoms with Gasteiger partial charge in [0, 0.05) is 37.1 Å². The zero-order valence-electron chi connectivity index (χ0n) is 12.2. The maximum Gasteiger partial charge on any atom is 0.227 e. The lowest BCUT2D eigenvalue weighted by Crippen LogP contribution is -2.49. The van der Waals surface area contributed by atoms with Gasteiger partial charge in [0.15, 0.2) is 0 Å². The molecule has 4 nitrogen and oxygen atoms in total. The van der Waals surface area contributed by atoms with Gasteiger partial charge >= 0.3 is 0 Å². The summed E-state index contributed by atoms with van der Waals surface area (Å²) >= 11 is 6.31. The molecule has 1 fully saturated rings. The minimum absolute atomic E-state index is 0.0216. The molecule has 0 bridgehead atoms. The number of amides is 1. The van der Waals surface area contributed by atoms with Gasteiger partial charge in [-0.1, -0.05) is 35.9 Å². The summed E-state index contributed by atoms with van der Waals surface area (Å²) < 4.78 is 0. The van der Waals surface area contributed by atoms with Crippen molar-refractivity contribution in [2.45, 2.75) is 12.5 Å². The molecule has 0 spiro atoms. The summed E-state index contributed by atoms with van der Waals surface area (Å²) in [6.45, 7) is 2.22. The van der Waals surface area contributed by atoms with Crippen molar-refractivity contribution < 1.29 is 4.79 Å². The molecule has 114 valence electrons. The van der Waals surface area contributed by atoms with Crippen molar-refractivity contribution in [2.24, 2.45) is 0 Å². The SMILES string of the molecule is O=C(Cc1cccnc1)N1CCNCC1c1ccccc1Cl. The molecule has 1 amide bonds. The summed E-state index contributed by atoms with van der Waals surface area (Å²) in [5, 5.41) is 4.05. The lowest BCUT2D eigenvalue weighted by atomic mass is 10.0. The van der Waals surface area contributed by atoms with Crippen LogP contribution in [0.15, 0.2) is 48.8 Å². The number of hydrogen-bond acceptors (Lipinski definition) is 3. The minimum atomic E-state index is -0.0216. The van der Waals surface area contributed by atoms with E-state index in [0.717, 1.165) is 24.2 Å². The van der Waals surface area contributed by atoms with Crippen molar-refractivity contribution >= 4 is 17.5 Å². The fourth-order valence-electron chi connectivity index (χ4n) is 2.80. The molecule has 0 saturated carbocycles. The first-order valence-corrected chi connectivity index (χ1v) is 7.77. The highest BCUT2D eigenvalue weighted by molar-refractivity contribution is 6.31. The Labute approximate surface area is 135 Å². The number of carbonyl (C=O) groups is 1. The van der Waals surface area contributed by atoms with E-state index in [1.54, 1.807) is 12.4 Å². The van der Waals surface area contributed by atoms with E-state index in [4.69, 9.17) is 11.6 Å². The molecule has 1 aromatic heterocycles. The first-order chi connectivity index (χ1) is 10.8. The molecule has 1 aromatic carbocycles. The van der Waals surface area contributed by atoms with Gasteiger partial charge < -0.3 is 10.2 Å². The van der Waals surface area contributed by atoms with Gasteiger partial charge in [-0.15, -0.1) is 0 Å². The number of piperazine rings is 1. The first kappa shape index (κ1) is 15.0. The Morgan fingerprint density at radius 2 is 2.18 bits per heavy atom. The summed E-state index contributed by atoms with van der Waals surface area (Å²) in [7, 11) is 0. The third-order valence-corrected chi connectivity index (χ3v) is 4.25. The molecule has 1 aliphatic rings. The summed E-state index contributed by atoms with van der Waals surface area (Å²) in [6.07, 6.45) is 3.82. The fourth-order valence-corrected chi connectivity index (χ4v) is 3.07. The molecule has 1 saturated heterocycles. The third kappa shape index (κ3) is 3.29. The molecule has 1 unspecified atom stereocenters. The molecular formula is C17H18ClN3O. The molecule has 22 heavy (non-hydrogen) atoms. The van der Waals surface area contributed by atoms with Crippen molar-refractivity contribution in [3.05, 3.63) is 64.9 Å². The summed E-state index contributed by atoms with van der Waals surface area (Å²) in [6, 6.07) is 11.5. The molecule has 3 rings (SSSR count). The highest BCUT2D eigenvalue weighted by atomic mass is 35.5. The number of nitrogens with zero attached hydrogens (tertiary/aromatic N) is 2. The van der Waals surface area contributed by atoms with Crippen molar-refractivity contribution in [3.8, 4) is 0 Å². The number of aromatic nitrogens is 1. The standard InChI is InChI=1S/C17H18ClN3O/c18-15-6-2-1-5-14(15)16-12-20-8-9-21(16)17(22)10-13-4-3-7-19-11-13/h1-7,11,16,20H,8-10,12H2. The van der Waals surface area contributed by atoms with Crippen molar-refractivity contribution in [2.75, 3.05) is 19.6 Å². The summed E-state index contributed by atoms with van der Waals surface area (Å²) in [5.74, 6) is 0.111. The number of halogens is 1. The van der Waals surface area contributed by atoms with Crippen molar-refractivity contribution in [1.82, 2.24) is 15.2 Å². The third-order valence-electron chi connectivity index (χ3n) is 3.91. The topological polar surface area (TPSA) is 45.2 Å². The van der Waals surface area contributed by atoms with Crippen LogP contribution in [0.1, 0.15) is 17.2 Å². The van der Waals surface area contributed by atoms with Gasteiger partial charge in [-0.25, -0.2) is 0 Å². The van der Waals surface area contributed by atoms with Crippen LogP contribution < -0.4 is 5.32 Å². The normalized spacial score (nSPS) is 18.2. The van der Waals surface area contributed by atoms with Crippen LogP contribution in [0.2, 0.25) is 5.02 Å². The van der Waals surface area contributed by atoms with Gasteiger partial charge in [0.25, 0.3) is 0 Å². The Kier molecular flexibility index (Phi) is 4.71. The lowest BCUT2D eigenvalue weighted by molar-refractivity contribution is -0.133. The predicted octanol–water partition coefficient (Wildman–Crippen LogP) is 2.45. The van der Waals surface area contributed by atoms with E-state index in [2.05, 4.69) is 10.3 Å². The van der Waals surface area contributed by atoms with Gasteiger partial charge in [0.2, 0.25) is 5.91 Å². The van der Waals surface area contributed by atoms with Gasteiger partial charge in [-0.05, 0) is 23.3 Å². The highest BCUT2D eigenvalue weighted by Gasteiger charge is 2.28. The molecule has 0 radical (unpaired) electrons. The predicted molar refractivity (Wildman–Crippen MR) is 86.7 cm³/mol. The van der Waals surface area contributed by atoms with Gasteiger partial charge in [0.05, 0.1) is 12.5 Å². The summed E-state index contributed by atoms with van der Waals surface area (Å²) in [4.78, 5) is 18.7. The van der Waals surface area contributed by atoms with Gasteiger partial charge in [-0.3, -0.25) is 9.78 Å². The van der Waals surface area contributed by atoms with E-state index < -0.39 is 0 Å². The zero-order chi connectivity index (χ0) is 15.4. The lowest BCUT2D eigenvalue weighted by Gasteiger charge is -2.37. The van der Waals surface area contributed by atoms with E-state index >= 15 is 0 Å². The zero-order valence-corrected chi connectivity index (χ0v) is 13.0. The monoisotopic (exact) mass is 315 g/mol. The highest BCUT2D eigenvalue weighted by Crippen LogP contribution is 2.28. The van der Waals surface area contributed by atoms with E-state index in [-0.39, 0.29) is 11.9 Å². The van der Waals surface area contributed by atoms with Gasteiger partial charge in [-0.2, -0.15) is 0 Å². The second-order valence-corrected chi connectivity index (χ2v) is 5.77. The molecule has 0 aliphatic carbocycles. The largest absolute Gasteiger partial charge is 0.333 e. The molecule has 1 atom stereocenters. The second-order valence-electron chi connectivity index (χ2n) is 5.37. The van der Waals surface area contributed by atoms with Crippen LogP contribution in [0.5, 0.6) is 0 Å². The first-order valence-electron chi connectivity index (χ1n) is 7.39. The van der Waals surface area contributed by atoms with Crippen LogP contribution in [0.25, 0.3) is 0 Å². The number of rotatable bonds is 3. The average molecular weight is 316 g/mol. The maximum absolute atomic E-state index is 12.7. The van der Waals surface area contributed by atoms with Crippen LogP contribution in [0, 0.1) is 0 Å². The van der Waals surface area contributed by atoms with Gasteiger partial charge in [0.1, 0.15) is 0 Å². The Bertz CT molecular complexity index is 647. The fraction of sp³-hybridized carbons (Fsp3) is 0.294. The Morgan fingerprint density at radius 3 is 2.95 bits per heavy atom. The number of pyridine rings is 1. The number of nitrogens with one attached hydrogen (secondary N) is 1. The number of carbonyl (C=O) groups excluding carboxylic acids is 1. The number of benzene rings is 1. The van der Waals surface area contributed by atoms with Crippen LogP contribution in [-0.2, 0) is 11.2 Å². The second kappa shape index (κ2) is 6.90. The average Bonchev–Trinajstić information content (AvgIpc) is 2.56. The molecule has 5 heteroatoms. The molecule has 2 heterocycles. The van der Waals surface area contributed by atoms with E-state index in [9.17, 15) is 4.79 Å². The molecular weight excluding hydrogens is 298 g/mol. The van der Waals surface area contributed by atoms with Crippen LogP contribution in [-0.4, -0.2) is 35.4 Å². The maximum atomic E-state index is 12.7. The van der Waals surface area contributed by atoms with Crippen LogP contribution in [0.4, 0.5) is 0 Å². The number of hydrogen-bond donors (Lipinski definition) is 1. The van der Waals surface area contributed by atoms with E-state index in [1.165, 1.54) is 0 Å². The van der Waals surface area contributed by atoms with E-state index in [1.807, 2.05) is 41.3 Å². The smallest absolute Gasteiger partial charge is 0.227 e. The quantitative estimate of drug-likeness (QED) is 0.946. The molecule has 2 aromatic rings. The summed E-state index contributed by atoms with van der Waals surface area (Å²) in [5.41, 5.74) is 1.93.